The number of aromatic nitrogens is 1. The van der Waals surface area contributed by atoms with Gasteiger partial charge in [0.1, 0.15) is 11.1 Å². The second-order valence-electron chi connectivity index (χ2n) is 5.16. The molecule has 2 aromatic carbocycles. The van der Waals surface area contributed by atoms with Crippen LogP contribution in [0.5, 0.6) is 11.5 Å². The number of fused-ring (bicyclic) bond motifs is 1. The molecule has 1 amide bonds. The van der Waals surface area contributed by atoms with E-state index in [1.807, 2.05) is 0 Å². The number of nitrogens with zero attached hydrogens (tertiary/aromatic N) is 2. The van der Waals surface area contributed by atoms with Crippen LogP contribution in [-0.2, 0) is 0 Å². The Morgan fingerprint density at radius 2 is 1.89 bits per heavy atom. The highest BCUT2D eigenvalue weighted by molar-refractivity contribution is 7.22. The minimum atomic E-state index is -0.719. The summed E-state index contributed by atoms with van der Waals surface area (Å²) in [7, 11) is 2.71. The van der Waals surface area contributed by atoms with Crippen molar-refractivity contribution < 1.29 is 19.2 Å². The Bertz CT molecular complexity index is 1070. The third-order valence-electron chi connectivity index (χ3n) is 3.62. The van der Waals surface area contributed by atoms with Gasteiger partial charge in [0.25, 0.3) is 11.6 Å². The molecule has 0 atom stereocenters. The van der Waals surface area contributed by atoms with Gasteiger partial charge in [0, 0.05) is 6.07 Å². The smallest absolute Gasteiger partial charge is 0.286 e. The molecule has 0 aliphatic heterocycles. The summed E-state index contributed by atoms with van der Waals surface area (Å²) in [5.41, 5.74) is -0.181. The molecular formula is C16H11Cl2N3O5S. The van der Waals surface area contributed by atoms with Gasteiger partial charge < -0.3 is 9.47 Å². The Kier molecular flexibility index (Phi) is 5.36. The van der Waals surface area contributed by atoms with E-state index in [-0.39, 0.29) is 27.2 Å². The fraction of sp³-hybridized carbons (Fsp3) is 0.125. The molecule has 0 bridgehead atoms. The zero-order chi connectivity index (χ0) is 19.7. The molecule has 1 aromatic heterocycles. The lowest BCUT2D eigenvalue weighted by atomic mass is 10.1. The first-order valence-electron chi connectivity index (χ1n) is 7.32. The summed E-state index contributed by atoms with van der Waals surface area (Å²) in [4.78, 5) is 27.5. The fourth-order valence-corrected chi connectivity index (χ4v) is 3.64. The number of hydrogen-bond acceptors (Lipinski definition) is 7. The molecule has 0 spiro atoms. The Balaban J connectivity index is 2.01. The molecule has 140 valence electrons. The molecule has 1 heterocycles. The number of benzene rings is 2. The minimum absolute atomic E-state index is 0.141. The van der Waals surface area contributed by atoms with Gasteiger partial charge in [-0.05, 0) is 12.1 Å². The predicted octanol–water partition coefficient (Wildman–Crippen LogP) is 4.78. The highest BCUT2D eigenvalue weighted by atomic mass is 35.5. The van der Waals surface area contributed by atoms with Gasteiger partial charge in [-0.25, -0.2) is 4.98 Å². The number of ether oxygens (including phenoxy) is 2. The summed E-state index contributed by atoms with van der Waals surface area (Å²) in [6, 6.07) is 5.71. The van der Waals surface area contributed by atoms with Crippen LogP contribution in [0.2, 0.25) is 10.0 Å². The van der Waals surface area contributed by atoms with Crippen molar-refractivity contribution in [3.05, 3.63) is 50.0 Å². The number of rotatable bonds is 5. The predicted molar refractivity (Wildman–Crippen MR) is 104 cm³/mol. The standard InChI is InChI=1S/C16H11Cl2N3O5S/c1-25-10-5-7(9(21(23)24)6-11(10)26-2)15(22)20-16-19-14-12(27-16)4-3-8(17)13(14)18/h3-6H,1-2H3,(H,19,20,22). The average molecular weight is 428 g/mol. The summed E-state index contributed by atoms with van der Waals surface area (Å²) in [6.07, 6.45) is 0. The number of anilines is 1. The van der Waals surface area contributed by atoms with E-state index in [2.05, 4.69) is 10.3 Å². The van der Waals surface area contributed by atoms with Crippen molar-refractivity contribution in [1.29, 1.82) is 0 Å². The van der Waals surface area contributed by atoms with Gasteiger partial charge in [-0.2, -0.15) is 0 Å². The summed E-state index contributed by atoms with van der Waals surface area (Å²) >= 11 is 13.2. The highest BCUT2D eigenvalue weighted by Crippen LogP contribution is 2.37. The maximum Gasteiger partial charge on any atom is 0.286 e. The zero-order valence-corrected chi connectivity index (χ0v) is 16.2. The minimum Gasteiger partial charge on any atom is -0.493 e. The first-order valence-corrected chi connectivity index (χ1v) is 8.89. The van der Waals surface area contributed by atoms with Crippen LogP contribution in [-0.4, -0.2) is 30.0 Å². The molecule has 1 N–H and O–H groups in total. The maximum atomic E-state index is 12.6. The molecule has 0 saturated carbocycles. The third-order valence-corrected chi connectivity index (χ3v) is 5.35. The monoisotopic (exact) mass is 427 g/mol. The van der Waals surface area contributed by atoms with Gasteiger partial charge in [-0.3, -0.25) is 20.2 Å². The Labute approximate surface area is 166 Å². The molecule has 0 fully saturated rings. The molecule has 3 aromatic rings. The van der Waals surface area contributed by atoms with Gasteiger partial charge in [0.15, 0.2) is 16.6 Å². The van der Waals surface area contributed by atoms with Gasteiger partial charge >= 0.3 is 0 Å². The van der Waals surface area contributed by atoms with Crippen LogP contribution in [0.15, 0.2) is 24.3 Å². The van der Waals surface area contributed by atoms with E-state index in [1.54, 1.807) is 12.1 Å². The molecule has 11 heteroatoms. The molecule has 0 aliphatic rings. The van der Waals surface area contributed by atoms with Crippen LogP contribution in [0.25, 0.3) is 10.2 Å². The average Bonchev–Trinajstić information content (AvgIpc) is 3.06. The van der Waals surface area contributed by atoms with Gasteiger partial charge in [-0.1, -0.05) is 34.5 Å². The molecule has 8 nitrogen and oxygen atoms in total. The summed E-state index contributed by atoms with van der Waals surface area (Å²) in [6.45, 7) is 0. The van der Waals surface area contributed by atoms with Crippen molar-refractivity contribution in [2.45, 2.75) is 0 Å². The lowest BCUT2D eigenvalue weighted by molar-refractivity contribution is -0.385. The Morgan fingerprint density at radius 1 is 1.22 bits per heavy atom. The number of nitro groups is 1. The quantitative estimate of drug-likeness (QED) is 0.463. The summed E-state index contributed by atoms with van der Waals surface area (Å²) in [5, 5.41) is 14.7. The molecule has 3 rings (SSSR count). The largest absolute Gasteiger partial charge is 0.493 e. The number of carbonyl (C=O) groups is 1. The Hall–Kier alpha value is -2.62. The van der Waals surface area contributed by atoms with Crippen molar-refractivity contribution in [1.82, 2.24) is 4.98 Å². The van der Waals surface area contributed by atoms with Crippen LogP contribution >= 0.6 is 34.5 Å². The third kappa shape index (κ3) is 3.61. The normalized spacial score (nSPS) is 10.7. The van der Waals surface area contributed by atoms with Gasteiger partial charge in [0.05, 0.1) is 40.0 Å². The SMILES string of the molecule is COc1cc(C(=O)Nc2nc3c(Cl)c(Cl)ccc3s2)c([N+](=O)[O-])cc1OC. The second-order valence-corrected chi connectivity index (χ2v) is 6.98. The van der Waals surface area contributed by atoms with E-state index in [9.17, 15) is 14.9 Å². The van der Waals surface area contributed by atoms with E-state index >= 15 is 0 Å². The van der Waals surface area contributed by atoms with Crippen molar-refractivity contribution in [3.8, 4) is 11.5 Å². The number of methoxy groups -OCH3 is 2. The topological polar surface area (TPSA) is 104 Å². The van der Waals surface area contributed by atoms with Crippen LogP contribution in [0.3, 0.4) is 0 Å². The lowest BCUT2D eigenvalue weighted by Crippen LogP contribution is -2.14. The number of hydrogen-bond donors (Lipinski definition) is 1. The molecule has 0 unspecified atom stereocenters. The second kappa shape index (κ2) is 7.55. The number of thiazole rings is 1. The first kappa shape index (κ1) is 19.2. The summed E-state index contributed by atoms with van der Waals surface area (Å²) in [5.74, 6) is -0.390. The highest BCUT2D eigenvalue weighted by Gasteiger charge is 2.25. The number of carbonyl (C=O) groups excluding carboxylic acids is 1. The van der Waals surface area contributed by atoms with E-state index in [4.69, 9.17) is 32.7 Å². The van der Waals surface area contributed by atoms with Crippen molar-refractivity contribution in [3.63, 3.8) is 0 Å². The van der Waals surface area contributed by atoms with E-state index in [1.165, 1.54) is 20.3 Å². The van der Waals surface area contributed by atoms with E-state index in [0.29, 0.717) is 15.2 Å². The molecular weight excluding hydrogens is 417 g/mol. The first-order chi connectivity index (χ1) is 12.8. The van der Waals surface area contributed by atoms with E-state index in [0.717, 1.165) is 17.4 Å². The van der Waals surface area contributed by atoms with Gasteiger partial charge in [-0.15, -0.1) is 0 Å². The molecule has 0 aliphatic carbocycles. The van der Waals surface area contributed by atoms with E-state index < -0.39 is 16.5 Å². The number of nitrogens with one attached hydrogen (secondary N) is 1. The van der Waals surface area contributed by atoms with Crippen LogP contribution in [0.1, 0.15) is 10.4 Å². The molecule has 0 saturated heterocycles. The van der Waals surface area contributed by atoms with Crippen molar-refractivity contribution >= 4 is 61.5 Å². The summed E-state index contributed by atoms with van der Waals surface area (Å²) < 4.78 is 10.9. The van der Waals surface area contributed by atoms with Crippen LogP contribution < -0.4 is 14.8 Å². The Morgan fingerprint density at radius 3 is 2.52 bits per heavy atom. The number of nitro benzene ring substituents is 1. The number of amides is 1. The van der Waals surface area contributed by atoms with Gasteiger partial charge in [0.2, 0.25) is 0 Å². The van der Waals surface area contributed by atoms with Crippen LogP contribution in [0, 0.1) is 10.1 Å². The lowest BCUT2D eigenvalue weighted by Gasteiger charge is -2.10. The molecule has 27 heavy (non-hydrogen) atoms. The maximum absolute atomic E-state index is 12.6. The fourth-order valence-electron chi connectivity index (χ4n) is 2.36. The van der Waals surface area contributed by atoms with Crippen LogP contribution in [0.4, 0.5) is 10.8 Å². The molecule has 0 radical (unpaired) electrons. The van der Waals surface area contributed by atoms with Crippen molar-refractivity contribution in [2.24, 2.45) is 0 Å². The number of halogens is 2. The zero-order valence-electron chi connectivity index (χ0n) is 13.9. The van der Waals surface area contributed by atoms with Crippen molar-refractivity contribution in [2.75, 3.05) is 19.5 Å².